The van der Waals surface area contributed by atoms with Crippen molar-refractivity contribution in [2.45, 2.75) is 5.92 Å². The molecule has 0 aliphatic carbocycles. The molecule has 0 amide bonds. The Bertz CT molecular complexity index is 1680. The van der Waals surface area contributed by atoms with E-state index in [1.54, 1.807) is 36.8 Å². The third kappa shape index (κ3) is 4.48. The van der Waals surface area contributed by atoms with Gasteiger partial charge < -0.3 is 9.64 Å². The largest absolute Gasteiger partial charge is 0.465 e. The summed E-state index contributed by atoms with van der Waals surface area (Å²) in [6, 6.07) is 17.0. The molecule has 9 nitrogen and oxygen atoms in total. The molecule has 1 N–H and O–H groups in total. The first kappa shape index (κ1) is 22.4. The number of hydrogen-bond acceptors (Lipinski definition) is 8. The highest BCUT2D eigenvalue weighted by Crippen LogP contribution is 2.32. The monoisotopic (exact) mass is 487 g/mol. The molecule has 4 heterocycles. The Morgan fingerprint density at radius 3 is 2.78 bits per heavy atom. The number of aromatic nitrogens is 6. The Labute approximate surface area is 212 Å². The number of methoxy groups -OCH3 is 1. The molecule has 37 heavy (non-hydrogen) atoms. The number of rotatable bonds is 4. The highest BCUT2D eigenvalue weighted by Gasteiger charge is 2.32. The predicted molar refractivity (Wildman–Crippen MR) is 138 cm³/mol. The summed E-state index contributed by atoms with van der Waals surface area (Å²) in [4.78, 5) is 32.3. The lowest BCUT2D eigenvalue weighted by atomic mass is 9.88. The highest BCUT2D eigenvalue weighted by molar-refractivity contribution is 5.91. The molecule has 0 spiro atoms. The standard InChI is InChI=1S/C28H21N7O2/c1-37-27(36)23-5-3-2-4-22(23)20-16-35(17-20)28-30-13-11-25(33-28)26-29-12-10-21(32-26)8-6-18-7-9-24-19(14-18)15-31-34-24/h2-5,7,9-15,20H,16-17H2,1H3,(H,31,34). The zero-order chi connectivity index (χ0) is 25.2. The van der Waals surface area contributed by atoms with Crippen LogP contribution in [0.1, 0.15) is 33.1 Å². The summed E-state index contributed by atoms with van der Waals surface area (Å²) >= 11 is 0. The van der Waals surface area contributed by atoms with Gasteiger partial charge in [0.25, 0.3) is 0 Å². The summed E-state index contributed by atoms with van der Waals surface area (Å²) in [7, 11) is 1.40. The normalized spacial score (nSPS) is 13.1. The summed E-state index contributed by atoms with van der Waals surface area (Å²) in [5, 5.41) is 7.98. The van der Waals surface area contributed by atoms with Gasteiger partial charge in [0, 0.05) is 42.4 Å². The number of esters is 1. The molecule has 5 aromatic rings. The molecule has 6 rings (SSSR count). The number of hydrogen-bond donors (Lipinski definition) is 1. The van der Waals surface area contributed by atoms with Crippen LogP contribution in [-0.2, 0) is 4.74 Å². The fourth-order valence-corrected chi connectivity index (χ4v) is 4.32. The van der Waals surface area contributed by atoms with Crippen molar-refractivity contribution < 1.29 is 9.53 Å². The maximum absolute atomic E-state index is 12.1. The van der Waals surface area contributed by atoms with E-state index in [1.165, 1.54) is 7.11 Å². The SMILES string of the molecule is COC(=O)c1ccccc1C1CN(c2nccc(-c3nccc(C#Cc4ccc5[nH]ncc5c4)n3)n2)C1. The lowest BCUT2D eigenvalue weighted by Gasteiger charge is -2.40. The van der Waals surface area contributed by atoms with Crippen LogP contribution in [-0.4, -0.2) is 56.3 Å². The fraction of sp³-hybridized carbons (Fsp3) is 0.143. The van der Waals surface area contributed by atoms with Crippen molar-refractivity contribution in [3.05, 3.63) is 95.6 Å². The van der Waals surface area contributed by atoms with Crippen molar-refractivity contribution in [1.82, 2.24) is 30.1 Å². The highest BCUT2D eigenvalue weighted by atomic mass is 16.5. The number of H-pyrrole nitrogens is 1. The van der Waals surface area contributed by atoms with Gasteiger partial charge in [0.2, 0.25) is 5.95 Å². The fourth-order valence-electron chi connectivity index (χ4n) is 4.32. The number of nitrogens with one attached hydrogen (secondary N) is 1. The first-order valence-corrected chi connectivity index (χ1v) is 11.7. The Morgan fingerprint density at radius 2 is 1.89 bits per heavy atom. The molecular weight excluding hydrogens is 466 g/mol. The van der Waals surface area contributed by atoms with Gasteiger partial charge in [-0.2, -0.15) is 5.10 Å². The zero-order valence-electron chi connectivity index (χ0n) is 19.9. The molecule has 0 saturated carbocycles. The van der Waals surface area contributed by atoms with E-state index in [0.717, 1.165) is 22.0 Å². The molecule has 1 saturated heterocycles. The first-order valence-electron chi connectivity index (χ1n) is 11.7. The summed E-state index contributed by atoms with van der Waals surface area (Å²) < 4.78 is 4.93. The molecule has 9 heteroatoms. The van der Waals surface area contributed by atoms with Gasteiger partial charge in [-0.3, -0.25) is 5.10 Å². The second-order valence-corrected chi connectivity index (χ2v) is 8.61. The van der Waals surface area contributed by atoms with Gasteiger partial charge in [-0.15, -0.1) is 0 Å². The Morgan fingerprint density at radius 1 is 1.03 bits per heavy atom. The van der Waals surface area contributed by atoms with Crippen LogP contribution < -0.4 is 4.90 Å². The minimum absolute atomic E-state index is 0.193. The Hall–Kier alpha value is -5.10. The smallest absolute Gasteiger partial charge is 0.338 e. The Kier molecular flexibility index (Phi) is 5.75. The molecule has 3 aromatic heterocycles. The minimum atomic E-state index is -0.325. The molecule has 0 atom stereocenters. The van der Waals surface area contributed by atoms with Gasteiger partial charge in [0.1, 0.15) is 11.4 Å². The van der Waals surface area contributed by atoms with Crippen molar-refractivity contribution in [1.29, 1.82) is 0 Å². The van der Waals surface area contributed by atoms with Crippen molar-refractivity contribution in [2.24, 2.45) is 0 Å². The molecule has 0 bridgehead atoms. The van der Waals surface area contributed by atoms with E-state index in [-0.39, 0.29) is 11.9 Å². The lowest BCUT2D eigenvalue weighted by Crippen LogP contribution is -2.46. The number of carbonyl (C=O) groups is 1. The molecule has 2 aromatic carbocycles. The van der Waals surface area contributed by atoms with Crippen molar-refractivity contribution in [3.8, 4) is 23.4 Å². The molecule has 0 unspecified atom stereocenters. The average Bonchev–Trinajstić information content (AvgIpc) is 3.39. The number of anilines is 1. The number of nitrogens with zero attached hydrogens (tertiary/aromatic N) is 6. The van der Waals surface area contributed by atoms with E-state index in [0.29, 0.717) is 41.8 Å². The summed E-state index contributed by atoms with van der Waals surface area (Å²) in [6.45, 7) is 1.40. The van der Waals surface area contributed by atoms with Gasteiger partial charge in [-0.25, -0.2) is 24.7 Å². The van der Waals surface area contributed by atoms with Crippen LogP contribution in [0.3, 0.4) is 0 Å². The molecule has 180 valence electrons. The predicted octanol–water partition coefficient (Wildman–Crippen LogP) is 3.60. The van der Waals surface area contributed by atoms with E-state index < -0.39 is 0 Å². The van der Waals surface area contributed by atoms with Gasteiger partial charge in [0.15, 0.2) is 5.82 Å². The minimum Gasteiger partial charge on any atom is -0.465 e. The van der Waals surface area contributed by atoms with Crippen molar-refractivity contribution in [2.75, 3.05) is 25.1 Å². The quantitative estimate of drug-likeness (QED) is 0.303. The maximum atomic E-state index is 12.1. The number of fused-ring (bicyclic) bond motifs is 1. The van der Waals surface area contributed by atoms with Gasteiger partial charge in [0.05, 0.1) is 24.4 Å². The van der Waals surface area contributed by atoms with Crippen LogP contribution in [0.15, 0.2) is 73.2 Å². The van der Waals surface area contributed by atoms with Crippen LogP contribution in [0.2, 0.25) is 0 Å². The molecule has 1 fully saturated rings. The third-order valence-electron chi connectivity index (χ3n) is 6.27. The van der Waals surface area contributed by atoms with E-state index >= 15 is 0 Å². The number of benzene rings is 2. The van der Waals surface area contributed by atoms with Crippen molar-refractivity contribution >= 4 is 22.8 Å². The molecule has 1 aliphatic heterocycles. The molecular formula is C28H21N7O2. The number of aromatic amines is 1. The van der Waals surface area contributed by atoms with Crippen LogP contribution in [0.5, 0.6) is 0 Å². The van der Waals surface area contributed by atoms with E-state index in [9.17, 15) is 4.79 Å². The summed E-state index contributed by atoms with van der Waals surface area (Å²) in [5.41, 5.74) is 4.63. The third-order valence-corrected chi connectivity index (χ3v) is 6.27. The van der Waals surface area contributed by atoms with E-state index in [4.69, 9.17) is 9.72 Å². The van der Waals surface area contributed by atoms with Crippen LogP contribution >= 0.6 is 0 Å². The van der Waals surface area contributed by atoms with Crippen molar-refractivity contribution in [3.63, 3.8) is 0 Å². The summed E-state index contributed by atoms with van der Waals surface area (Å²) in [5.74, 6) is 7.20. The van der Waals surface area contributed by atoms with Gasteiger partial charge in [-0.05, 0) is 47.9 Å². The molecule has 1 aliphatic rings. The average molecular weight is 488 g/mol. The Balaban J connectivity index is 1.19. The number of carbonyl (C=O) groups excluding carboxylic acids is 1. The second-order valence-electron chi connectivity index (χ2n) is 8.61. The topological polar surface area (TPSA) is 110 Å². The lowest BCUT2D eigenvalue weighted by molar-refractivity contribution is 0.0598. The van der Waals surface area contributed by atoms with E-state index in [2.05, 4.69) is 41.9 Å². The van der Waals surface area contributed by atoms with E-state index in [1.807, 2.05) is 36.4 Å². The van der Waals surface area contributed by atoms with Crippen LogP contribution in [0, 0.1) is 11.8 Å². The summed E-state index contributed by atoms with van der Waals surface area (Å²) in [6.07, 6.45) is 5.15. The maximum Gasteiger partial charge on any atom is 0.338 e. The van der Waals surface area contributed by atoms with Gasteiger partial charge >= 0.3 is 5.97 Å². The second kappa shape index (κ2) is 9.51. The van der Waals surface area contributed by atoms with Crippen LogP contribution in [0.4, 0.5) is 5.95 Å². The van der Waals surface area contributed by atoms with Crippen LogP contribution in [0.25, 0.3) is 22.4 Å². The first-order chi connectivity index (χ1) is 18.2. The zero-order valence-corrected chi connectivity index (χ0v) is 19.9. The van der Waals surface area contributed by atoms with Gasteiger partial charge in [-0.1, -0.05) is 24.1 Å². The molecule has 0 radical (unpaired) electrons. The number of ether oxygens (including phenoxy) is 1.